The zero-order chi connectivity index (χ0) is 99.4. The van der Waals surface area contributed by atoms with E-state index in [4.69, 9.17) is 39.9 Å². The summed E-state index contributed by atoms with van der Waals surface area (Å²) in [6.07, 6.45) is 0.939. The molecule has 150 heavy (non-hydrogen) atoms. The number of aryl methyl sites for hydroxylation is 2. The van der Waals surface area contributed by atoms with Gasteiger partial charge in [0.25, 0.3) is 0 Å². The number of hydrogen-bond donors (Lipinski definition) is 0. The third-order valence-corrected chi connectivity index (χ3v) is 30.2. The Morgan fingerprint density at radius 3 is 1.21 bits per heavy atom. The van der Waals surface area contributed by atoms with E-state index in [1.54, 1.807) is 0 Å². The van der Waals surface area contributed by atoms with Crippen molar-refractivity contribution in [1.29, 1.82) is 0 Å². The Morgan fingerprint density at radius 2 is 0.613 bits per heavy atom. The topological polar surface area (TPSA) is 118 Å². The first-order valence-electron chi connectivity index (χ1n) is 51.3. The van der Waals surface area contributed by atoms with E-state index >= 15 is 0 Å². The summed E-state index contributed by atoms with van der Waals surface area (Å²) in [6, 6.07) is 179. The number of aromatic nitrogens is 11. The van der Waals surface area contributed by atoms with E-state index in [-0.39, 0.29) is 11.8 Å². The SMILES string of the molecule is Cc1cccc(C2c3ccccc3-c3cc(-c4ccc5c(c4)c4ccccc4n5-c4nc(-c5ccccc5)c5ccccc5n4)ccc32)c1.Cc1cccc(C2c3ccccc3-c3cc4c5ccccc5n(-c5cccc(-c6nc(-c7ccccc7)nc(-c7ccccc7)n6)c5)c4cc32)c1.c1ccc(-c2ccc3c4c5c(ccc4n(-c4ccc(-c6nc(-c7ccccc7)nc(-c7ccccc7)n6)cc4)c3c2)-c2ccccc2C5)cc1. The van der Waals surface area contributed by atoms with E-state index in [1.165, 1.54) is 166 Å². The van der Waals surface area contributed by atoms with Crippen LogP contribution in [0.2, 0.25) is 0 Å². The van der Waals surface area contributed by atoms with Crippen LogP contribution in [0.15, 0.2) is 504 Å². The molecule has 0 aliphatic heterocycles. The standard InChI is InChI=1S/C47H32N4.C46H30N4.C46H31N3/c1-30-14-12-19-33(26-30)44-38-24-9-8-22-36(38)39-28-40-37-23-10-11-25-42(37)51(43(40)29-41(39)44)35-21-13-20-34(27-35)47-49-45(31-15-4-2-5-16-31)48-46(50-47)32-17-6-3-7-18-32;1-4-12-30(13-5-1)34-22-25-39-42(29-34)50(41-27-26-38-37-19-11-10-18-35(37)28-40(38)43(39)41)36-23-20-33(21-24-36)46-48-44(31-14-6-2-7-15-31)47-45(49-46)32-16-8-3-9-17-32;1-29-12-11-15-33(26-29)44-36-18-6-5-16-34(36)39-27-31(22-24-37(39)44)32-23-25-43-40(28-32)35-17-8-10-21-42(35)49(43)46-47-41-20-9-7-19-38(41)45(48-46)30-13-3-2-4-14-30/h2-29,44H,1H3;1-27,29H,28H2;2-28,44H,1H3. The van der Waals surface area contributed by atoms with Crippen LogP contribution in [0.4, 0.5) is 0 Å². The highest BCUT2D eigenvalue weighted by Crippen LogP contribution is 2.54. The van der Waals surface area contributed by atoms with Crippen LogP contribution in [0, 0.1) is 13.8 Å². The van der Waals surface area contributed by atoms with Crippen LogP contribution in [0.1, 0.15) is 67.5 Å². The minimum absolute atomic E-state index is 0.163. The molecular formula is C139H93N11. The predicted octanol–water partition coefficient (Wildman–Crippen LogP) is 34.2. The summed E-state index contributed by atoms with van der Waals surface area (Å²) in [6.45, 7) is 4.35. The van der Waals surface area contributed by atoms with Crippen molar-refractivity contribution in [3.63, 3.8) is 0 Å². The van der Waals surface area contributed by atoms with Crippen molar-refractivity contribution in [2.75, 3.05) is 0 Å². The highest BCUT2D eigenvalue weighted by atomic mass is 15.2. The molecule has 0 saturated carbocycles. The molecule has 3 aliphatic carbocycles. The Bertz CT molecular complexity index is 9900. The van der Waals surface area contributed by atoms with Gasteiger partial charge in [0, 0.05) is 99.9 Å². The van der Waals surface area contributed by atoms with E-state index in [0.29, 0.717) is 40.9 Å². The average Bonchev–Trinajstić information content (AvgIpc) is 1.56. The zero-order valence-electron chi connectivity index (χ0n) is 82.2. The molecule has 0 amide bonds. The molecule has 2 unspecified atom stereocenters. The molecule has 0 bridgehead atoms. The van der Waals surface area contributed by atoms with Crippen LogP contribution < -0.4 is 0 Å². The summed E-state index contributed by atoms with van der Waals surface area (Å²) >= 11 is 0. The first-order valence-corrected chi connectivity index (χ1v) is 51.3. The predicted molar refractivity (Wildman–Crippen MR) is 614 cm³/mol. The molecule has 0 radical (unpaired) electrons. The molecule has 0 N–H and O–H groups in total. The number of fused-ring (bicyclic) bond motifs is 20. The average molecular weight is 1920 g/mol. The third kappa shape index (κ3) is 15.5. The molecule has 11 nitrogen and oxygen atoms in total. The maximum Gasteiger partial charge on any atom is 0.235 e. The quantitative estimate of drug-likeness (QED) is 0.106. The molecule has 704 valence electrons. The van der Waals surface area contributed by atoms with Crippen LogP contribution in [-0.4, -0.2) is 53.6 Å². The van der Waals surface area contributed by atoms with Gasteiger partial charge in [-0.25, -0.2) is 39.9 Å². The van der Waals surface area contributed by atoms with Crippen molar-refractivity contribution < 1.29 is 0 Å². The molecule has 21 aromatic carbocycles. The molecule has 30 rings (SSSR count). The van der Waals surface area contributed by atoms with E-state index in [2.05, 4.69) is 398 Å². The number of nitrogens with zero attached hydrogens (tertiary/aromatic N) is 11. The molecule has 2 atom stereocenters. The fourth-order valence-electron chi connectivity index (χ4n) is 23.3. The smallest absolute Gasteiger partial charge is 0.235 e. The summed E-state index contributed by atoms with van der Waals surface area (Å²) in [5.74, 6) is 4.98. The lowest BCUT2D eigenvalue weighted by Gasteiger charge is -2.16. The molecule has 6 aromatic heterocycles. The van der Waals surface area contributed by atoms with Crippen LogP contribution in [-0.2, 0) is 6.42 Å². The molecular weight excluding hydrogens is 1820 g/mol. The van der Waals surface area contributed by atoms with Gasteiger partial charge in [-0.2, -0.15) is 0 Å². The summed E-state index contributed by atoms with van der Waals surface area (Å²) < 4.78 is 7.04. The second-order valence-electron chi connectivity index (χ2n) is 39.2. The van der Waals surface area contributed by atoms with E-state index in [0.717, 1.165) is 84.4 Å². The van der Waals surface area contributed by atoms with Gasteiger partial charge in [0.1, 0.15) is 0 Å². The summed E-state index contributed by atoms with van der Waals surface area (Å²) in [5, 5.41) is 8.49. The van der Waals surface area contributed by atoms with Crippen LogP contribution >= 0.6 is 0 Å². The largest absolute Gasteiger partial charge is 0.309 e. The van der Waals surface area contributed by atoms with Gasteiger partial charge in [0.15, 0.2) is 34.9 Å². The fraction of sp³-hybridized carbons (Fsp3) is 0.0360. The van der Waals surface area contributed by atoms with Crippen LogP contribution in [0.3, 0.4) is 0 Å². The molecule has 11 heteroatoms. The lowest BCUT2D eigenvalue weighted by Crippen LogP contribution is -2.03. The third-order valence-electron chi connectivity index (χ3n) is 30.2. The Balaban J connectivity index is 0.000000108. The molecule has 27 aromatic rings. The first kappa shape index (κ1) is 88.1. The lowest BCUT2D eigenvalue weighted by molar-refractivity contribution is 1.01. The van der Waals surface area contributed by atoms with Gasteiger partial charge in [-0.1, -0.05) is 418 Å². The molecule has 0 spiro atoms. The van der Waals surface area contributed by atoms with Gasteiger partial charge in [-0.05, 0) is 217 Å². The lowest BCUT2D eigenvalue weighted by atomic mass is 9.88. The number of para-hydroxylation sites is 3. The monoisotopic (exact) mass is 1920 g/mol. The molecule has 3 aliphatic rings. The second-order valence-corrected chi connectivity index (χ2v) is 39.2. The van der Waals surface area contributed by atoms with Gasteiger partial charge < -0.3 is 9.13 Å². The van der Waals surface area contributed by atoms with Crippen LogP contribution in [0.25, 0.3) is 229 Å². The Hall–Kier alpha value is -19.6. The van der Waals surface area contributed by atoms with Gasteiger partial charge in [-0.15, -0.1) is 0 Å². The number of rotatable bonds is 14. The molecule has 0 saturated heterocycles. The highest BCUT2D eigenvalue weighted by molar-refractivity contribution is 6.16. The van der Waals surface area contributed by atoms with E-state index < -0.39 is 0 Å². The van der Waals surface area contributed by atoms with Gasteiger partial charge in [-0.3, -0.25) is 4.57 Å². The molecule has 6 heterocycles. The normalized spacial score (nSPS) is 13.0. The fourth-order valence-corrected chi connectivity index (χ4v) is 23.3. The Kier molecular flexibility index (Phi) is 21.7. The van der Waals surface area contributed by atoms with Crippen molar-refractivity contribution in [2.24, 2.45) is 0 Å². The highest BCUT2D eigenvalue weighted by Gasteiger charge is 2.35. The first-order chi connectivity index (χ1) is 74.2. The van der Waals surface area contributed by atoms with Gasteiger partial charge in [0.2, 0.25) is 5.95 Å². The van der Waals surface area contributed by atoms with Gasteiger partial charge >= 0.3 is 0 Å². The van der Waals surface area contributed by atoms with Crippen molar-refractivity contribution >= 4 is 76.3 Å². The summed E-state index contributed by atoms with van der Waals surface area (Å²) in [5.41, 5.74) is 44.0. The maximum atomic E-state index is 5.24. The number of hydrogen-bond acceptors (Lipinski definition) is 8. The van der Waals surface area contributed by atoms with Crippen molar-refractivity contribution in [3.8, 4) is 153 Å². The number of benzene rings is 21. The van der Waals surface area contributed by atoms with Gasteiger partial charge in [0.05, 0.1) is 44.3 Å². The van der Waals surface area contributed by atoms with Crippen molar-refractivity contribution in [2.45, 2.75) is 32.1 Å². The maximum absolute atomic E-state index is 5.24. The second kappa shape index (κ2) is 36.9. The zero-order valence-corrected chi connectivity index (χ0v) is 82.2. The van der Waals surface area contributed by atoms with Crippen molar-refractivity contribution in [1.82, 2.24) is 53.6 Å². The summed E-state index contributed by atoms with van der Waals surface area (Å²) in [7, 11) is 0. The Morgan fingerprint density at radius 1 is 0.200 bits per heavy atom. The minimum Gasteiger partial charge on any atom is -0.309 e. The minimum atomic E-state index is 0.163. The van der Waals surface area contributed by atoms with E-state index in [9.17, 15) is 0 Å². The Labute approximate surface area is 867 Å². The van der Waals surface area contributed by atoms with Crippen LogP contribution in [0.5, 0.6) is 0 Å². The summed E-state index contributed by atoms with van der Waals surface area (Å²) in [4.78, 5) is 40.2. The van der Waals surface area contributed by atoms with E-state index in [1.807, 2.05) is 133 Å². The van der Waals surface area contributed by atoms with Crippen molar-refractivity contribution in [3.05, 3.63) is 559 Å². The molecule has 0 fully saturated rings.